The zero-order valence-electron chi connectivity index (χ0n) is 17.2. The molecule has 0 aliphatic rings. The highest BCUT2D eigenvalue weighted by Gasteiger charge is 2.31. The van der Waals surface area contributed by atoms with E-state index in [1.54, 1.807) is 0 Å². The number of hydrogen-bond donors (Lipinski definition) is 0. The van der Waals surface area contributed by atoms with Gasteiger partial charge in [-0.1, -0.05) is 36.4 Å². The Morgan fingerprint density at radius 2 is 1.07 bits per heavy atom. The maximum absolute atomic E-state index is 13.4. The molecule has 3 rings (SSSR count). The van der Waals surface area contributed by atoms with Crippen LogP contribution in [0, 0.1) is 27.7 Å². The smallest absolute Gasteiger partial charge is 0.254 e. The Hall–Kier alpha value is -3.28. The Labute approximate surface area is 174 Å². The third-order valence-electron chi connectivity index (χ3n) is 4.72. The van der Waals surface area contributed by atoms with Crippen LogP contribution in [0.5, 0.6) is 0 Å². The van der Waals surface area contributed by atoms with Crippen molar-refractivity contribution in [3.8, 4) is 0 Å². The minimum absolute atomic E-state index is 0.121. The second-order valence-corrected chi connectivity index (χ2v) is 7.20. The van der Waals surface area contributed by atoms with Crippen LogP contribution in [-0.4, -0.2) is 17.4 Å². The number of rotatable bonds is 4. The third-order valence-corrected chi connectivity index (χ3v) is 4.72. The van der Waals surface area contributed by atoms with Crippen molar-refractivity contribution in [3.05, 3.63) is 87.7 Å². The van der Waals surface area contributed by atoms with E-state index in [0.29, 0.717) is 0 Å². The quantitative estimate of drug-likeness (QED) is 0.435. The van der Waals surface area contributed by atoms with Gasteiger partial charge in [-0.3, -0.25) is 9.98 Å². The first-order valence-corrected chi connectivity index (χ1v) is 9.45. The zero-order chi connectivity index (χ0) is 21.9. The molecule has 0 bridgehead atoms. The summed E-state index contributed by atoms with van der Waals surface area (Å²) in [6, 6.07) is 13.4. The largest absolute Gasteiger partial charge is 0.416 e. The SMILES string of the molecule is Cc1cccc(C)c1N=Cc1cc(C(F)(F)F)cc(C=Nc2c(C)cccc2C)n1. The molecule has 0 saturated carbocycles. The first kappa shape index (κ1) is 21.4. The molecular weight excluding hydrogens is 387 g/mol. The van der Waals surface area contributed by atoms with E-state index in [0.717, 1.165) is 45.8 Å². The second kappa shape index (κ2) is 8.61. The lowest BCUT2D eigenvalue weighted by atomic mass is 10.1. The topological polar surface area (TPSA) is 37.6 Å². The van der Waals surface area contributed by atoms with Crippen LogP contribution in [0.3, 0.4) is 0 Å². The van der Waals surface area contributed by atoms with Gasteiger partial charge in [-0.25, -0.2) is 4.98 Å². The summed E-state index contributed by atoms with van der Waals surface area (Å²) in [4.78, 5) is 13.1. The van der Waals surface area contributed by atoms with Crippen LogP contribution in [0.15, 0.2) is 58.5 Å². The van der Waals surface area contributed by atoms with E-state index >= 15 is 0 Å². The molecule has 6 heteroatoms. The van der Waals surface area contributed by atoms with Crippen molar-refractivity contribution in [1.82, 2.24) is 4.98 Å². The molecule has 3 nitrogen and oxygen atoms in total. The Bertz CT molecular complexity index is 1010. The maximum atomic E-state index is 13.4. The van der Waals surface area contributed by atoms with Crippen molar-refractivity contribution < 1.29 is 13.2 Å². The van der Waals surface area contributed by atoms with Gasteiger partial charge in [-0.15, -0.1) is 0 Å². The van der Waals surface area contributed by atoms with Crippen LogP contribution in [-0.2, 0) is 6.18 Å². The Balaban J connectivity index is 2.03. The van der Waals surface area contributed by atoms with Crippen LogP contribution >= 0.6 is 0 Å². The number of nitrogens with zero attached hydrogens (tertiary/aromatic N) is 3. The molecule has 1 aromatic heterocycles. The minimum Gasteiger partial charge on any atom is -0.254 e. The molecule has 30 heavy (non-hydrogen) atoms. The molecule has 154 valence electrons. The number of aliphatic imine (C=N–C) groups is 2. The van der Waals surface area contributed by atoms with Crippen LogP contribution < -0.4 is 0 Å². The van der Waals surface area contributed by atoms with Gasteiger partial charge in [0.2, 0.25) is 0 Å². The predicted octanol–water partition coefficient (Wildman–Crippen LogP) is 6.84. The predicted molar refractivity (Wildman–Crippen MR) is 116 cm³/mol. The van der Waals surface area contributed by atoms with Crippen LogP contribution in [0.25, 0.3) is 0 Å². The molecule has 1 heterocycles. The van der Waals surface area contributed by atoms with Gasteiger partial charge in [0.15, 0.2) is 0 Å². The number of aryl methyl sites for hydroxylation is 4. The van der Waals surface area contributed by atoms with Crippen molar-refractivity contribution in [2.75, 3.05) is 0 Å². The fraction of sp³-hybridized carbons (Fsp3) is 0.208. The highest BCUT2D eigenvalue weighted by molar-refractivity contribution is 5.85. The molecule has 0 atom stereocenters. The number of alkyl halides is 3. The van der Waals surface area contributed by atoms with Gasteiger partial charge in [0.05, 0.1) is 40.8 Å². The van der Waals surface area contributed by atoms with Gasteiger partial charge in [0.1, 0.15) is 0 Å². The maximum Gasteiger partial charge on any atom is 0.416 e. The molecule has 3 aromatic rings. The minimum atomic E-state index is -4.49. The summed E-state index contributed by atoms with van der Waals surface area (Å²) in [5.74, 6) is 0. The van der Waals surface area contributed by atoms with Gasteiger partial charge in [-0.2, -0.15) is 13.2 Å². The summed E-state index contributed by atoms with van der Waals surface area (Å²) in [7, 11) is 0. The highest BCUT2D eigenvalue weighted by atomic mass is 19.4. The Morgan fingerprint density at radius 1 is 0.700 bits per heavy atom. The molecule has 0 fully saturated rings. The summed E-state index contributed by atoms with van der Waals surface area (Å²) in [5, 5.41) is 0. The van der Waals surface area contributed by atoms with Crippen molar-refractivity contribution in [3.63, 3.8) is 0 Å². The number of halogens is 3. The summed E-state index contributed by atoms with van der Waals surface area (Å²) in [6.07, 6.45) is -1.77. The standard InChI is InChI=1S/C24H22F3N3/c1-15-7-5-8-16(2)22(15)28-13-20-11-19(24(25,26)27)12-21(30-20)14-29-23-17(3)9-6-10-18(23)4/h5-14H,1-4H3. The normalized spacial score (nSPS) is 12.2. The lowest BCUT2D eigenvalue weighted by molar-refractivity contribution is -0.137. The van der Waals surface area contributed by atoms with Gasteiger partial charge in [0.25, 0.3) is 0 Å². The van der Waals surface area contributed by atoms with E-state index in [2.05, 4.69) is 15.0 Å². The van der Waals surface area contributed by atoms with E-state index in [1.807, 2.05) is 64.1 Å². The molecule has 0 amide bonds. The third kappa shape index (κ3) is 5.00. The molecule has 0 saturated heterocycles. The Morgan fingerprint density at radius 3 is 1.40 bits per heavy atom. The van der Waals surface area contributed by atoms with E-state index < -0.39 is 11.7 Å². The highest BCUT2D eigenvalue weighted by Crippen LogP contribution is 2.30. The van der Waals surface area contributed by atoms with Crippen molar-refractivity contribution in [2.45, 2.75) is 33.9 Å². The van der Waals surface area contributed by atoms with E-state index in [1.165, 1.54) is 12.4 Å². The molecule has 2 aromatic carbocycles. The number of benzene rings is 2. The average Bonchev–Trinajstić information content (AvgIpc) is 2.66. The van der Waals surface area contributed by atoms with E-state index in [9.17, 15) is 13.2 Å². The average molecular weight is 409 g/mol. The van der Waals surface area contributed by atoms with Crippen LogP contribution in [0.4, 0.5) is 24.5 Å². The van der Waals surface area contributed by atoms with Gasteiger partial charge in [-0.05, 0) is 62.1 Å². The van der Waals surface area contributed by atoms with Crippen molar-refractivity contribution in [2.24, 2.45) is 9.98 Å². The molecular formula is C24H22F3N3. The van der Waals surface area contributed by atoms with Crippen LogP contribution in [0.1, 0.15) is 39.2 Å². The van der Waals surface area contributed by atoms with E-state index in [4.69, 9.17) is 0 Å². The van der Waals surface area contributed by atoms with Gasteiger partial charge in [0, 0.05) is 0 Å². The molecule has 0 unspecified atom stereocenters. The van der Waals surface area contributed by atoms with Crippen LogP contribution in [0.2, 0.25) is 0 Å². The summed E-state index contributed by atoms with van der Waals surface area (Å²) >= 11 is 0. The fourth-order valence-electron chi connectivity index (χ4n) is 3.15. The van der Waals surface area contributed by atoms with Gasteiger partial charge >= 0.3 is 6.18 Å². The summed E-state index contributed by atoms with van der Waals surface area (Å²) in [6.45, 7) is 7.62. The summed E-state index contributed by atoms with van der Waals surface area (Å²) in [5.41, 5.74) is 4.66. The zero-order valence-corrected chi connectivity index (χ0v) is 17.2. The van der Waals surface area contributed by atoms with E-state index in [-0.39, 0.29) is 11.4 Å². The molecule has 0 aliphatic heterocycles. The number of pyridine rings is 1. The van der Waals surface area contributed by atoms with Crippen molar-refractivity contribution >= 4 is 23.8 Å². The molecule has 0 N–H and O–H groups in total. The number of para-hydroxylation sites is 2. The fourth-order valence-corrected chi connectivity index (χ4v) is 3.15. The molecule has 0 aliphatic carbocycles. The first-order chi connectivity index (χ1) is 14.1. The summed E-state index contributed by atoms with van der Waals surface area (Å²) < 4.78 is 40.2. The Kier molecular flexibility index (Phi) is 6.15. The first-order valence-electron chi connectivity index (χ1n) is 9.45. The van der Waals surface area contributed by atoms with Crippen molar-refractivity contribution in [1.29, 1.82) is 0 Å². The lowest BCUT2D eigenvalue weighted by Crippen LogP contribution is -2.08. The molecule has 0 radical (unpaired) electrons. The molecule has 0 spiro atoms. The second-order valence-electron chi connectivity index (χ2n) is 7.20. The van der Waals surface area contributed by atoms with Gasteiger partial charge < -0.3 is 0 Å². The number of hydrogen-bond acceptors (Lipinski definition) is 3. The monoisotopic (exact) mass is 409 g/mol. The number of aromatic nitrogens is 1. The lowest BCUT2D eigenvalue weighted by Gasteiger charge is -2.09.